The molecule has 4 aromatic carbocycles. The average molecular weight is 707 g/mol. The van der Waals surface area contributed by atoms with Gasteiger partial charge in [-0.1, -0.05) is 58.8 Å². The molecule has 0 radical (unpaired) electrons. The number of hydrogen-bond donors (Lipinski definition) is 0. The van der Waals surface area contributed by atoms with Gasteiger partial charge in [-0.25, -0.2) is 0 Å². The molecule has 3 aromatic heterocycles. The number of halogens is 6. The topological polar surface area (TPSA) is 127 Å². The van der Waals surface area contributed by atoms with Gasteiger partial charge in [-0.2, -0.15) is 36.3 Å². The Bertz CT molecular complexity index is 2400. The molecule has 16 heteroatoms. The molecule has 0 aliphatic carbocycles. The molecule has 7 aromatic rings. The number of fused-ring (bicyclic) bond motifs is 1. The van der Waals surface area contributed by atoms with Gasteiger partial charge in [0.25, 0.3) is 17.7 Å². The van der Waals surface area contributed by atoms with E-state index in [0.717, 1.165) is 24.3 Å². The van der Waals surface area contributed by atoms with E-state index in [0.29, 0.717) is 11.3 Å². The van der Waals surface area contributed by atoms with Crippen LogP contribution in [0.5, 0.6) is 11.7 Å². The molecule has 0 aliphatic heterocycles. The van der Waals surface area contributed by atoms with Gasteiger partial charge in [-0.3, -0.25) is 4.79 Å². The molecule has 3 heterocycles. The first kappa shape index (κ1) is 33.1. The summed E-state index contributed by atoms with van der Waals surface area (Å²) in [7, 11) is 0. The number of nitrogens with zero attached hydrogens (tertiary/aromatic N) is 4. The Morgan fingerprint density at radius 1 is 0.608 bits per heavy atom. The molecular formula is C35H20F6N4O6. The highest BCUT2D eigenvalue weighted by molar-refractivity contribution is 5.84. The summed E-state index contributed by atoms with van der Waals surface area (Å²) in [5.74, 6) is -0.0713. The third-order valence-corrected chi connectivity index (χ3v) is 7.43. The smallest absolute Gasteiger partial charge is 0.416 e. The monoisotopic (exact) mass is 706 g/mol. The summed E-state index contributed by atoms with van der Waals surface area (Å²) < 4.78 is 107. The fraction of sp³-hybridized carbons (Fsp3) is 0.114. The Morgan fingerprint density at radius 2 is 1.16 bits per heavy atom. The number of ether oxygens (including phenoxy) is 2. The molecule has 7 rings (SSSR count). The molecule has 10 nitrogen and oxygen atoms in total. The number of benzene rings is 4. The number of hydrogen-bond acceptors (Lipinski definition) is 10. The van der Waals surface area contributed by atoms with Crippen LogP contribution in [0.15, 0.2) is 115 Å². The van der Waals surface area contributed by atoms with Crippen molar-refractivity contribution in [2.45, 2.75) is 25.6 Å². The molecule has 0 atom stereocenters. The van der Waals surface area contributed by atoms with Crippen molar-refractivity contribution in [3.05, 3.63) is 130 Å². The van der Waals surface area contributed by atoms with Crippen LogP contribution in [0.2, 0.25) is 0 Å². The molecule has 0 saturated heterocycles. The average Bonchev–Trinajstić information content (AvgIpc) is 3.80. The van der Waals surface area contributed by atoms with Gasteiger partial charge in [0.1, 0.15) is 16.9 Å². The lowest BCUT2D eigenvalue weighted by Crippen LogP contribution is -2.09. The zero-order valence-corrected chi connectivity index (χ0v) is 25.7. The SMILES string of the molecule is O=c1c(-c2ccc(OCc3nc(-c4cccc(C(F)(F)F)c4)no3)cc2)c(OCc2nc(-c3cccc(C(F)(F)F)c3)no2)oc2ccccc12. The molecule has 0 aliphatic rings. The van der Waals surface area contributed by atoms with E-state index in [-0.39, 0.29) is 70.2 Å². The quantitative estimate of drug-likeness (QED) is 0.135. The number of alkyl halides is 6. The normalized spacial score (nSPS) is 12.0. The summed E-state index contributed by atoms with van der Waals surface area (Å²) in [6, 6.07) is 21.7. The van der Waals surface area contributed by atoms with E-state index in [4.69, 9.17) is 22.9 Å². The predicted molar refractivity (Wildman–Crippen MR) is 166 cm³/mol. The van der Waals surface area contributed by atoms with Crippen LogP contribution in [-0.4, -0.2) is 20.3 Å². The number of aromatic nitrogens is 4. The molecular weight excluding hydrogens is 686 g/mol. The third kappa shape index (κ3) is 7.15. The van der Waals surface area contributed by atoms with Gasteiger partial charge in [0.05, 0.1) is 16.5 Å². The van der Waals surface area contributed by atoms with Crippen molar-refractivity contribution in [1.82, 2.24) is 20.3 Å². The Labute approximate surface area is 281 Å². The van der Waals surface area contributed by atoms with Crippen LogP contribution < -0.4 is 14.9 Å². The van der Waals surface area contributed by atoms with Crippen molar-refractivity contribution in [1.29, 1.82) is 0 Å². The maximum absolute atomic E-state index is 13.6. The van der Waals surface area contributed by atoms with Crippen molar-refractivity contribution in [2.75, 3.05) is 0 Å². The van der Waals surface area contributed by atoms with Gasteiger partial charge in [0.15, 0.2) is 13.2 Å². The lowest BCUT2D eigenvalue weighted by atomic mass is 10.0. The second kappa shape index (κ2) is 13.1. The van der Waals surface area contributed by atoms with Gasteiger partial charge < -0.3 is 22.9 Å². The highest BCUT2D eigenvalue weighted by Crippen LogP contribution is 2.34. The van der Waals surface area contributed by atoms with Crippen molar-refractivity contribution in [3.8, 4) is 45.6 Å². The van der Waals surface area contributed by atoms with E-state index in [1.54, 1.807) is 48.5 Å². The Kier molecular flexibility index (Phi) is 8.50. The van der Waals surface area contributed by atoms with Crippen LogP contribution in [0.4, 0.5) is 26.3 Å². The van der Waals surface area contributed by atoms with E-state index in [2.05, 4.69) is 20.3 Å². The summed E-state index contributed by atoms with van der Waals surface area (Å²) in [4.78, 5) is 21.9. The molecule has 0 saturated carbocycles. The minimum Gasteiger partial charge on any atom is -0.484 e. The zero-order chi connectivity index (χ0) is 35.8. The van der Waals surface area contributed by atoms with Crippen molar-refractivity contribution in [2.24, 2.45) is 0 Å². The van der Waals surface area contributed by atoms with Crippen LogP contribution in [0.3, 0.4) is 0 Å². The standard InChI is InChI=1S/C35H20F6N4O6/c36-34(37,38)22-7-3-5-20(15-22)31-42-27(50-44-31)17-47-24-13-11-19(12-14-24)29-30(46)25-9-1-2-10-26(25)49-33(29)48-18-28-43-32(45-51-28)21-6-4-8-23(16-21)35(39,40)41/h1-16H,17-18H2. The van der Waals surface area contributed by atoms with Crippen molar-refractivity contribution >= 4 is 11.0 Å². The fourth-order valence-electron chi connectivity index (χ4n) is 4.99. The highest BCUT2D eigenvalue weighted by Gasteiger charge is 2.32. The Morgan fingerprint density at radius 3 is 1.73 bits per heavy atom. The minimum atomic E-state index is -4.56. The van der Waals surface area contributed by atoms with Gasteiger partial charge in [0.2, 0.25) is 17.1 Å². The largest absolute Gasteiger partial charge is 0.484 e. The summed E-state index contributed by atoms with van der Waals surface area (Å²) in [6.07, 6.45) is -9.09. The van der Waals surface area contributed by atoms with Gasteiger partial charge in [-0.15, -0.1) is 0 Å². The highest BCUT2D eigenvalue weighted by atomic mass is 19.4. The molecule has 0 unspecified atom stereocenters. The van der Waals surface area contributed by atoms with Crippen LogP contribution in [0.1, 0.15) is 22.9 Å². The van der Waals surface area contributed by atoms with Crippen LogP contribution in [-0.2, 0) is 25.6 Å². The molecule has 0 spiro atoms. The minimum absolute atomic E-state index is 0.00888. The summed E-state index contributed by atoms with van der Waals surface area (Å²) in [5.41, 5.74) is -1.27. The van der Waals surface area contributed by atoms with E-state index < -0.39 is 28.9 Å². The Balaban J connectivity index is 1.09. The lowest BCUT2D eigenvalue weighted by Gasteiger charge is -2.11. The fourth-order valence-corrected chi connectivity index (χ4v) is 4.99. The second-order valence-corrected chi connectivity index (χ2v) is 10.9. The van der Waals surface area contributed by atoms with Gasteiger partial charge >= 0.3 is 12.4 Å². The molecule has 0 fully saturated rings. The van der Waals surface area contributed by atoms with Crippen LogP contribution in [0.25, 0.3) is 44.9 Å². The zero-order valence-electron chi connectivity index (χ0n) is 25.7. The third-order valence-electron chi connectivity index (χ3n) is 7.43. The van der Waals surface area contributed by atoms with Gasteiger partial charge in [-0.05, 0) is 54.1 Å². The molecule has 0 amide bonds. The molecule has 51 heavy (non-hydrogen) atoms. The predicted octanol–water partition coefficient (Wildman–Crippen LogP) is 8.76. The van der Waals surface area contributed by atoms with Gasteiger partial charge in [0, 0.05) is 11.1 Å². The summed E-state index contributed by atoms with van der Waals surface area (Å²) in [5, 5.41) is 7.77. The lowest BCUT2D eigenvalue weighted by molar-refractivity contribution is -0.138. The number of rotatable bonds is 9. The molecule has 0 N–H and O–H groups in total. The first-order valence-corrected chi connectivity index (χ1v) is 14.8. The van der Waals surface area contributed by atoms with E-state index in [1.165, 1.54) is 24.3 Å². The van der Waals surface area contributed by atoms with E-state index in [9.17, 15) is 31.1 Å². The van der Waals surface area contributed by atoms with Crippen LogP contribution >= 0.6 is 0 Å². The van der Waals surface area contributed by atoms with Crippen LogP contribution in [0, 0.1) is 0 Å². The van der Waals surface area contributed by atoms with Crippen molar-refractivity contribution < 1.29 is 49.3 Å². The van der Waals surface area contributed by atoms with E-state index in [1.807, 2.05) is 0 Å². The number of para-hydroxylation sites is 1. The summed E-state index contributed by atoms with van der Waals surface area (Å²) >= 11 is 0. The molecule has 258 valence electrons. The second-order valence-electron chi connectivity index (χ2n) is 10.9. The molecule has 0 bridgehead atoms. The first-order chi connectivity index (χ1) is 24.4. The summed E-state index contributed by atoms with van der Waals surface area (Å²) in [6.45, 7) is -0.585. The van der Waals surface area contributed by atoms with Crippen molar-refractivity contribution in [3.63, 3.8) is 0 Å². The Hall–Kier alpha value is -6.45. The van der Waals surface area contributed by atoms with E-state index >= 15 is 0 Å². The maximum Gasteiger partial charge on any atom is 0.416 e. The first-order valence-electron chi connectivity index (χ1n) is 14.8. The maximum atomic E-state index is 13.6.